The van der Waals surface area contributed by atoms with Gasteiger partial charge in [0.15, 0.2) is 5.82 Å². The van der Waals surface area contributed by atoms with Crippen molar-refractivity contribution in [2.45, 2.75) is 13.8 Å². The molecular weight excluding hydrogens is 339 g/mol. The highest BCUT2D eigenvalue weighted by atomic mass is 19.1. The smallest absolute Gasteiger partial charge is 0.151 e. The summed E-state index contributed by atoms with van der Waals surface area (Å²) in [6, 6.07) is 9.34. The lowest BCUT2D eigenvalue weighted by molar-refractivity contribution is 0.629. The highest BCUT2D eigenvalue weighted by Crippen LogP contribution is 2.40. The summed E-state index contributed by atoms with van der Waals surface area (Å²) in [6.07, 6.45) is 5.82. The molecule has 0 fully saturated rings. The number of rotatable bonds is 5. The molecule has 0 saturated heterocycles. The molecule has 1 aliphatic heterocycles. The normalized spacial score (nSPS) is 13.3. The number of nitrogens with one attached hydrogen (secondary N) is 2. The van der Waals surface area contributed by atoms with Crippen molar-refractivity contribution in [3.8, 4) is 0 Å². The molecule has 2 aromatic carbocycles. The van der Waals surface area contributed by atoms with Gasteiger partial charge >= 0.3 is 0 Å². The molecule has 0 unspecified atom stereocenters. The number of aliphatic imine (C=N–C) groups is 1. The molecule has 0 radical (unpaired) electrons. The van der Waals surface area contributed by atoms with Crippen molar-refractivity contribution in [1.82, 2.24) is 0 Å². The monoisotopic (exact) mass is 362 g/mol. The van der Waals surface area contributed by atoms with Gasteiger partial charge in [0.05, 0.1) is 17.1 Å². The molecule has 0 atom stereocenters. The first-order valence-electron chi connectivity index (χ1n) is 8.65. The first kappa shape index (κ1) is 18.5. The molecule has 0 amide bonds. The fourth-order valence-corrected chi connectivity index (χ4v) is 3.01. The van der Waals surface area contributed by atoms with E-state index in [1.54, 1.807) is 0 Å². The zero-order valence-electron chi connectivity index (χ0n) is 15.8. The minimum Gasteiger partial charge on any atom is -0.343 e. The van der Waals surface area contributed by atoms with Crippen LogP contribution in [0.4, 0.5) is 32.8 Å². The zero-order valence-corrected chi connectivity index (χ0v) is 15.8. The van der Waals surface area contributed by atoms with Crippen molar-refractivity contribution in [1.29, 1.82) is 0 Å². The molecule has 3 rings (SSSR count). The van der Waals surface area contributed by atoms with Gasteiger partial charge in [0.25, 0.3) is 0 Å². The molecule has 5 heteroatoms. The molecule has 0 saturated carbocycles. The average Bonchev–Trinajstić information content (AvgIpc) is 3.03. The topological polar surface area (TPSA) is 39.7 Å². The maximum atomic E-state index is 14.7. The summed E-state index contributed by atoms with van der Waals surface area (Å²) in [5.41, 5.74) is 5.44. The van der Waals surface area contributed by atoms with E-state index in [-0.39, 0.29) is 5.69 Å². The molecule has 4 nitrogen and oxygen atoms in total. The second-order valence-electron chi connectivity index (χ2n) is 6.38. The molecule has 2 N–H and O–H groups in total. The summed E-state index contributed by atoms with van der Waals surface area (Å²) in [5, 5.41) is 6.33. The Balaban J connectivity index is 2.07. The molecule has 0 bridgehead atoms. The largest absolute Gasteiger partial charge is 0.343 e. The maximum absolute atomic E-state index is 14.7. The van der Waals surface area contributed by atoms with Crippen molar-refractivity contribution in [2.24, 2.45) is 4.99 Å². The SMILES string of the molecule is C=Nc1c(F)cc(/C(C)=C/C=C\C)cc1N(C)c1ccc2c(c1)NC(=C)N2. The predicted molar refractivity (Wildman–Crippen MR) is 115 cm³/mol. The van der Waals surface area contributed by atoms with Crippen molar-refractivity contribution in [3.05, 3.63) is 72.3 Å². The number of nitrogens with zero attached hydrogens (tertiary/aromatic N) is 2. The van der Waals surface area contributed by atoms with Crippen LogP contribution < -0.4 is 15.5 Å². The van der Waals surface area contributed by atoms with Gasteiger partial charge in [-0.1, -0.05) is 24.8 Å². The van der Waals surface area contributed by atoms with Gasteiger partial charge in [0, 0.05) is 12.7 Å². The van der Waals surface area contributed by atoms with E-state index in [4.69, 9.17) is 0 Å². The third-order valence-electron chi connectivity index (χ3n) is 4.52. The Bertz CT molecular complexity index is 973. The summed E-state index contributed by atoms with van der Waals surface area (Å²) in [7, 11) is 1.89. The lowest BCUT2D eigenvalue weighted by Crippen LogP contribution is -2.11. The highest BCUT2D eigenvalue weighted by molar-refractivity contribution is 5.86. The molecule has 1 aliphatic rings. The van der Waals surface area contributed by atoms with Crippen molar-refractivity contribution in [3.63, 3.8) is 0 Å². The van der Waals surface area contributed by atoms with Crippen LogP contribution in [-0.2, 0) is 0 Å². The first-order valence-corrected chi connectivity index (χ1v) is 8.65. The van der Waals surface area contributed by atoms with Crippen LogP contribution >= 0.6 is 0 Å². The Morgan fingerprint density at radius 2 is 1.93 bits per heavy atom. The van der Waals surface area contributed by atoms with Crippen LogP contribution in [0.5, 0.6) is 0 Å². The Morgan fingerprint density at radius 1 is 1.19 bits per heavy atom. The summed E-state index contributed by atoms with van der Waals surface area (Å²) < 4.78 is 14.7. The number of benzene rings is 2. The van der Waals surface area contributed by atoms with Gasteiger partial charge in [-0.15, -0.1) is 0 Å². The molecule has 0 aliphatic carbocycles. The van der Waals surface area contributed by atoms with Crippen LogP contribution in [0, 0.1) is 5.82 Å². The van der Waals surface area contributed by atoms with Gasteiger partial charge in [-0.05, 0) is 62.0 Å². The van der Waals surface area contributed by atoms with Crippen LogP contribution in [0.1, 0.15) is 19.4 Å². The molecule has 0 spiro atoms. The lowest BCUT2D eigenvalue weighted by Gasteiger charge is -2.23. The van der Waals surface area contributed by atoms with E-state index in [2.05, 4.69) is 28.9 Å². The zero-order chi connectivity index (χ0) is 19.6. The van der Waals surface area contributed by atoms with E-state index in [9.17, 15) is 4.39 Å². The minimum atomic E-state index is -0.396. The van der Waals surface area contributed by atoms with Gasteiger partial charge in [-0.3, -0.25) is 4.99 Å². The van der Waals surface area contributed by atoms with Crippen LogP contribution in [-0.4, -0.2) is 13.8 Å². The second kappa shape index (κ2) is 7.50. The number of anilines is 4. The number of allylic oxidation sites excluding steroid dienone is 4. The van der Waals surface area contributed by atoms with E-state index in [0.717, 1.165) is 34.0 Å². The third-order valence-corrected chi connectivity index (χ3v) is 4.52. The summed E-state index contributed by atoms with van der Waals surface area (Å²) in [5.74, 6) is 0.336. The average molecular weight is 362 g/mol. The quantitative estimate of drug-likeness (QED) is 0.490. The summed E-state index contributed by atoms with van der Waals surface area (Å²) in [4.78, 5) is 5.83. The van der Waals surface area contributed by atoms with Crippen molar-refractivity contribution < 1.29 is 4.39 Å². The van der Waals surface area contributed by atoms with E-state index in [0.29, 0.717) is 5.69 Å². The molecular formula is C22H23FN4. The molecule has 138 valence electrons. The summed E-state index contributed by atoms with van der Waals surface area (Å²) in [6.45, 7) is 11.3. The van der Waals surface area contributed by atoms with Gasteiger partial charge in [-0.25, -0.2) is 4.39 Å². The molecule has 1 heterocycles. The Hall–Kier alpha value is -3.34. The van der Waals surface area contributed by atoms with Crippen LogP contribution in [0.25, 0.3) is 5.57 Å². The fraction of sp³-hybridized carbons (Fsp3) is 0.136. The predicted octanol–water partition coefficient (Wildman–Crippen LogP) is 6.21. The number of hydrogen-bond donors (Lipinski definition) is 2. The second-order valence-corrected chi connectivity index (χ2v) is 6.38. The number of hydrogen-bond acceptors (Lipinski definition) is 4. The Morgan fingerprint density at radius 3 is 2.63 bits per heavy atom. The molecule has 27 heavy (non-hydrogen) atoms. The molecule has 0 aromatic heterocycles. The minimum absolute atomic E-state index is 0.232. The Kier molecular flexibility index (Phi) is 5.12. The highest BCUT2D eigenvalue weighted by Gasteiger charge is 2.18. The van der Waals surface area contributed by atoms with Crippen LogP contribution in [0.2, 0.25) is 0 Å². The standard InChI is InChI=1S/C22H23FN4/c1-6-7-8-14(2)16-11-18(23)22(24-4)21(12-16)27(5)17-9-10-19-20(13-17)26-15(3)25-19/h6-13,25-26H,3-4H2,1-2,5H3/b7-6-,14-8+. The van der Waals surface area contributed by atoms with Gasteiger partial charge < -0.3 is 15.5 Å². The van der Waals surface area contributed by atoms with E-state index < -0.39 is 5.82 Å². The first-order chi connectivity index (χ1) is 12.9. The van der Waals surface area contributed by atoms with E-state index >= 15 is 0 Å². The van der Waals surface area contributed by atoms with E-state index in [1.807, 2.05) is 68.3 Å². The summed E-state index contributed by atoms with van der Waals surface area (Å²) >= 11 is 0. The lowest BCUT2D eigenvalue weighted by atomic mass is 10.0. The third kappa shape index (κ3) is 3.62. The number of halogens is 1. The van der Waals surface area contributed by atoms with Crippen LogP contribution in [0.15, 0.2) is 66.0 Å². The fourth-order valence-electron chi connectivity index (χ4n) is 3.01. The van der Waals surface area contributed by atoms with Gasteiger partial charge in [0.1, 0.15) is 11.5 Å². The van der Waals surface area contributed by atoms with Crippen LogP contribution in [0.3, 0.4) is 0 Å². The maximum Gasteiger partial charge on any atom is 0.151 e. The number of fused-ring (bicyclic) bond motifs is 1. The molecule has 2 aromatic rings. The van der Waals surface area contributed by atoms with Gasteiger partial charge in [-0.2, -0.15) is 0 Å². The Labute approximate surface area is 159 Å². The van der Waals surface area contributed by atoms with Crippen molar-refractivity contribution >= 4 is 40.7 Å². The van der Waals surface area contributed by atoms with Crippen molar-refractivity contribution in [2.75, 3.05) is 22.6 Å². The van der Waals surface area contributed by atoms with Gasteiger partial charge in [0.2, 0.25) is 0 Å². The van der Waals surface area contributed by atoms with E-state index in [1.165, 1.54) is 6.07 Å².